The Hall–Kier alpha value is -1.51. The van der Waals surface area contributed by atoms with Gasteiger partial charge in [-0.2, -0.15) is 0 Å². The van der Waals surface area contributed by atoms with Crippen molar-refractivity contribution in [3.63, 3.8) is 0 Å². The van der Waals surface area contributed by atoms with E-state index in [0.717, 1.165) is 19.5 Å². The van der Waals surface area contributed by atoms with Crippen molar-refractivity contribution in [2.45, 2.75) is 71.8 Å². The summed E-state index contributed by atoms with van der Waals surface area (Å²) in [6, 6.07) is 8.55. The third-order valence-electron chi connectivity index (χ3n) is 5.60. The van der Waals surface area contributed by atoms with Gasteiger partial charge in [0.1, 0.15) is 0 Å². The average molecular weight is 331 g/mol. The largest absolute Gasteiger partial charge is 0.366 e. The maximum absolute atomic E-state index is 13.0. The quantitative estimate of drug-likeness (QED) is 0.734. The highest BCUT2D eigenvalue weighted by atomic mass is 16.2. The highest BCUT2D eigenvalue weighted by Crippen LogP contribution is 2.47. The zero-order valence-electron chi connectivity index (χ0n) is 16.1. The van der Waals surface area contributed by atoms with E-state index in [9.17, 15) is 4.79 Å². The minimum absolute atomic E-state index is 0.0291. The number of fused-ring (bicyclic) bond motifs is 1. The molecule has 1 amide bonds. The zero-order chi connectivity index (χ0) is 17.7. The summed E-state index contributed by atoms with van der Waals surface area (Å²) < 4.78 is 0. The van der Waals surface area contributed by atoms with Crippen LogP contribution in [0.2, 0.25) is 0 Å². The molecular formula is C21H34N2O. The lowest BCUT2D eigenvalue weighted by molar-refractivity contribution is -0.127. The molecule has 0 aliphatic carbocycles. The van der Waals surface area contributed by atoms with Crippen LogP contribution >= 0.6 is 0 Å². The van der Waals surface area contributed by atoms with Crippen LogP contribution in [0.3, 0.4) is 0 Å². The highest BCUT2D eigenvalue weighted by Gasteiger charge is 2.47. The molecule has 24 heavy (non-hydrogen) atoms. The number of carbonyl (C=O) groups is 1. The number of nitrogens with zero attached hydrogens (tertiary/aromatic N) is 1. The van der Waals surface area contributed by atoms with E-state index in [4.69, 9.17) is 0 Å². The summed E-state index contributed by atoms with van der Waals surface area (Å²) >= 11 is 0. The summed E-state index contributed by atoms with van der Waals surface area (Å²) in [7, 11) is 0. The highest BCUT2D eigenvalue weighted by molar-refractivity contribution is 5.83. The van der Waals surface area contributed by atoms with Crippen LogP contribution in [0.15, 0.2) is 24.3 Å². The van der Waals surface area contributed by atoms with Gasteiger partial charge in [-0.3, -0.25) is 4.79 Å². The van der Waals surface area contributed by atoms with Gasteiger partial charge in [0.15, 0.2) is 0 Å². The Morgan fingerprint density at radius 1 is 1.17 bits per heavy atom. The summed E-state index contributed by atoms with van der Waals surface area (Å²) in [4.78, 5) is 15.4. The van der Waals surface area contributed by atoms with Crippen molar-refractivity contribution in [3.8, 4) is 0 Å². The molecule has 2 atom stereocenters. The molecule has 0 spiro atoms. The molecular weight excluding hydrogens is 296 g/mol. The van der Waals surface area contributed by atoms with E-state index in [1.807, 2.05) is 0 Å². The van der Waals surface area contributed by atoms with Gasteiger partial charge in [0.2, 0.25) is 5.91 Å². The number of para-hydroxylation sites is 1. The van der Waals surface area contributed by atoms with Crippen LogP contribution < -0.4 is 10.2 Å². The molecule has 0 fully saturated rings. The number of nitrogens with one attached hydrogen (secondary N) is 1. The summed E-state index contributed by atoms with van der Waals surface area (Å²) in [5.41, 5.74) is 2.39. The van der Waals surface area contributed by atoms with Crippen LogP contribution in [0.4, 0.5) is 5.69 Å². The second-order valence-corrected chi connectivity index (χ2v) is 7.57. The smallest absolute Gasteiger partial charge is 0.226 e. The fourth-order valence-electron chi connectivity index (χ4n) is 4.39. The lowest BCUT2D eigenvalue weighted by Gasteiger charge is -2.51. The van der Waals surface area contributed by atoms with Crippen LogP contribution in [0.25, 0.3) is 0 Å². The number of rotatable bonds is 7. The maximum Gasteiger partial charge on any atom is 0.226 e. The van der Waals surface area contributed by atoms with Crippen molar-refractivity contribution in [2.75, 3.05) is 18.0 Å². The number of unbranched alkanes of at least 4 members (excludes halogenated alkanes) is 3. The minimum atomic E-state index is -0.185. The van der Waals surface area contributed by atoms with Crippen molar-refractivity contribution in [1.82, 2.24) is 5.32 Å². The number of hydrogen-bond donors (Lipinski definition) is 1. The Balaban J connectivity index is 2.18. The lowest BCUT2D eigenvalue weighted by atomic mass is 9.70. The van der Waals surface area contributed by atoms with Gasteiger partial charge in [-0.15, -0.1) is 0 Å². The van der Waals surface area contributed by atoms with Crippen LogP contribution in [0.5, 0.6) is 0 Å². The van der Waals surface area contributed by atoms with Crippen molar-refractivity contribution in [1.29, 1.82) is 0 Å². The van der Waals surface area contributed by atoms with Gasteiger partial charge in [-0.25, -0.2) is 0 Å². The third-order valence-corrected chi connectivity index (χ3v) is 5.60. The van der Waals surface area contributed by atoms with Gasteiger partial charge < -0.3 is 10.2 Å². The van der Waals surface area contributed by atoms with Gasteiger partial charge in [-0.1, -0.05) is 51.3 Å². The first-order valence-electron chi connectivity index (χ1n) is 9.59. The second-order valence-electron chi connectivity index (χ2n) is 7.57. The first-order chi connectivity index (χ1) is 11.4. The van der Waals surface area contributed by atoms with E-state index in [-0.39, 0.29) is 23.3 Å². The van der Waals surface area contributed by atoms with Crippen molar-refractivity contribution >= 4 is 11.6 Å². The molecule has 0 saturated carbocycles. The second kappa shape index (κ2) is 8.04. The van der Waals surface area contributed by atoms with Crippen LogP contribution in [0, 0.1) is 5.92 Å². The van der Waals surface area contributed by atoms with E-state index in [1.54, 1.807) is 0 Å². The van der Waals surface area contributed by atoms with Crippen LogP contribution in [-0.4, -0.2) is 24.5 Å². The predicted molar refractivity (Wildman–Crippen MR) is 103 cm³/mol. The minimum Gasteiger partial charge on any atom is -0.366 e. The first-order valence-corrected chi connectivity index (χ1v) is 9.59. The Labute approximate surface area is 147 Å². The molecule has 1 heterocycles. The molecule has 1 aromatic carbocycles. The fraction of sp³-hybridized carbons (Fsp3) is 0.667. The lowest BCUT2D eigenvalue weighted by Crippen LogP contribution is -2.59. The number of hydrogen-bond acceptors (Lipinski definition) is 2. The van der Waals surface area contributed by atoms with Crippen LogP contribution in [0.1, 0.15) is 71.8 Å². The standard InChI is InChI=1S/C21H34N2O/c1-6-8-9-12-15-22-20(24)19-16(3)17-13-10-11-14-18(17)23(7-2)21(19,4)5/h10-11,13-14,16,19H,6-9,12,15H2,1-5H3,(H,22,24). The molecule has 1 N–H and O–H groups in total. The molecule has 3 nitrogen and oxygen atoms in total. The van der Waals surface area contributed by atoms with Crippen molar-refractivity contribution in [3.05, 3.63) is 29.8 Å². The maximum atomic E-state index is 13.0. The molecule has 2 unspecified atom stereocenters. The van der Waals surface area contributed by atoms with Gasteiger partial charge in [-0.05, 0) is 44.7 Å². The summed E-state index contributed by atoms with van der Waals surface area (Å²) in [5, 5.41) is 3.21. The van der Waals surface area contributed by atoms with E-state index < -0.39 is 0 Å². The van der Waals surface area contributed by atoms with Crippen molar-refractivity contribution in [2.24, 2.45) is 5.92 Å². The van der Waals surface area contributed by atoms with E-state index in [2.05, 4.69) is 69.1 Å². The molecule has 3 heteroatoms. The molecule has 2 rings (SSSR count). The van der Waals surface area contributed by atoms with Crippen LogP contribution in [-0.2, 0) is 4.79 Å². The Bertz CT molecular complexity index is 553. The monoisotopic (exact) mass is 330 g/mol. The van der Waals surface area contributed by atoms with Gasteiger partial charge in [0, 0.05) is 24.3 Å². The summed E-state index contributed by atoms with van der Waals surface area (Å²) in [5.74, 6) is 0.408. The average Bonchev–Trinajstić information content (AvgIpc) is 2.54. The molecule has 0 bridgehead atoms. The summed E-state index contributed by atoms with van der Waals surface area (Å²) in [6.45, 7) is 12.7. The normalized spacial score (nSPS) is 22.1. The Kier molecular flexibility index (Phi) is 6.31. The Morgan fingerprint density at radius 3 is 2.54 bits per heavy atom. The van der Waals surface area contributed by atoms with Gasteiger partial charge >= 0.3 is 0 Å². The number of carbonyl (C=O) groups excluding carboxylic acids is 1. The zero-order valence-corrected chi connectivity index (χ0v) is 16.1. The SMILES string of the molecule is CCCCCCNC(=O)C1C(C)c2ccccc2N(CC)C1(C)C. The molecule has 0 saturated heterocycles. The predicted octanol–water partition coefficient (Wildman–Crippen LogP) is 4.72. The summed E-state index contributed by atoms with van der Waals surface area (Å²) in [6.07, 6.45) is 4.75. The number of amides is 1. The van der Waals surface area contributed by atoms with E-state index in [1.165, 1.54) is 30.5 Å². The molecule has 134 valence electrons. The fourth-order valence-corrected chi connectivity index (χ4v) is 4.39. The first kappa shape index (κ1) is 18.8. The van der Waals surface area contributed by atoms with Gasteiger partial charge in [0.25, 0.3) is 0 Å². The number of benzene rings is 1. The van der Waals surface area contributed by atoms with E-state index in [0.29, 0.717) is 0 Å². The number of anilines is 1. The third kappa shape index (κ3) is 3.60. The molecule has 0 radical (unpaired) electrons. The molecule has 1 aliphatic rings. The van der Waals surface area contributed by atoms with Gasteiger partial charge in [0.05, 0.1) is 5.92 Å². The van der Waals surface area contributed by atoms with E-state index >= 15 is 0 Å². The van der Waals surface area contributed by atoms with Crippen molar-refractivity contribution < 1.29 is 4.79 Å². The topological polar surface area (TPSA) is 32.3 Å². The molecule has 1 aromatic rings. The molecule has 1 aliphatic heterocycles. The Morgan fingerprint density at radius 2 is 1.88 bits per heavy atom. The molecule has 0 aromatic heterocycles.